The molecule has 0 radical (unpaired) electrons. The third-order valence-electron chi connectivity index (χ3n) is 4.75. The number of hydrogen-bond acceptors (Lipinski definition) is 4. The summed E-state index contributed by atoms with van der Waals surface area (Å²) in [5.74, 6) is -0.424. The molecule has 0 aliphatic carbocycles. The zero-order valence-electron chi connectivity index (χ0n) is 14.4. The van der Waals surface area contributed by atoms with Crippen molar-refractivity contribution in [1.29, 1.82) is 0 Å². The van der Waals surface area contributed by atoms with Crippen molar-refractivity contribution in [3.8, 4) is 0 Å². The molecule has 7 heteroatoms. The van der Waals surface area contributed by atoms with Crippen LogP contribution in [0.1, 0.15) is 31.2 Å². The predicted molar refractivity (Wildman–Crippen MR) is 94.3 cm³/mol. The van der Waals surface area contributed by atoms with Gasteiger partial charge in [-0.15, -0.1) is 0 Å². The van der Waals surface area contributed by atoms with Crippen molar-refractivity contribution in [3.05, 3.63) is 29.8 Å². The highest BCUT2D eigenvalue weighted by Crippen LogP contribution is 2.21. The molecule has 134 valence electrons. The molecule has 0 unspecified atom stereocenters. The molecule has 1 aromatic rings. The summed E-state index contributed by atoms with van der Waals surface area (Å²) >= 11 is 0. The minimum absolute atomic E-state index is 0.0667. The highest BCUT2D eigenvalue weighted by molar-refractivity contribution is 6.04. The number of aryl methyl sites for hydroxylation is 1. The van der Waals surface area contributed by atoms with Crippen LogP contribution >= 0.6 is 0 Å². The molecule has 7 nitrogen and oxygen atoms in total. The van der Waals surface area contributed by atoms with Gasteiger partial charge in [0.15, 0.2) is 0 Å². The Morgan fingerprint density at radius 3 is 2.68 bits per heavy atom. The maximum Gasteiger partial charge on any atom is 0.322 e. The van der Waals surface area contributed by atoms with E-state index in [-0.39, 0.29) is 24.3 Å². The number of carbonyl (C=O) groups is 3. The molecule has 2 saturated heterocycles. The number of nitrogens with zero attached hydrogens (tertiary/aromatic N) is 1. The fourth-order valence-corrected chi connectivity index (χ4v) is 3.34. The Hall–Kier alpha value is -2.57. The first-order valence-corrected chi connectivity index (χ1v) is 8.73. The van der Waals surface area contributed by atoms with Gasteiger partial charge in [-0.2, -0.15) is 0 Å². The Morgan fingerprint density at radius 2 is 2.04 bits per heavy atom. The van der Waals surface area contributed by atoms with E-state index in [9.17, 15) is 14.4 Å². The number of amides is 4. The lowest BCUT2D eigenvalue weighted by Gasteiger charge is -2.34. The topological polar surface area (TPSA) is 90.5 Å². The van der Waals surface area contributed by atoms with E-state index in [0.29, 0.717) is 6.42 Å². The summed E-state index contributed by atoms with van der Waals surface area (Å²) in [6.45, 7) is 3.91. The second-order valence-corrected chi connectivity index (χ2v) is 6.72. The summed E-state index contributed by atoms with van der Waals surface area (Å²) in [6.07, 6.45) is 2.36. The molecule has 0 spiro atoms. The summed E-state index contributed by atoms with van der Waals surface area (Å²) in [5.41, 5.74) is 2.48. The molecule has 1 aromatic carbocycles. The van der Waals surface area contributed by atoms with E-state index in [0.717, 1.165) is 25.9 Å². The van der Waals surface area contributed by atoms with Gasteiger partial charge in [-0.25, -0.2) is 4.79 Å². The Balaban J connectivity index is 1.40. The number of hydrogen-bond donors (Lipinski definition) is 3. The fourth-order valence-electron chi connectivity index (χ4n) is 3.34. The van der Waals surface area contributed by atoms with Gasteiger partial charge in [0.1, 0.15) is 6.04 Å². The summed E-state index contributed by atoms with van der Waals surface area (Å²) < 4.78 is 0. The number of nitrogens with one attached hydrogen (secondary N) is 3. The second kappa shape index (κ2) is 7.55. The van der Waals surface area contributed by atoms with Gasteiger partial charge in [0, 0.05) is 31.2 Å². The minimum atomic E-state index is -0.596. The average Bonchev–Trinajstić information content (AvgIpc) is 2.91. The molecule has 2 aliphatic heterocycles. The zero-order valence-corrected chi connectivity index (χ0v) is 14.4. The number of benzene rings is 1. The maximum atomic E-state index is 12.1. The molecular weight excluding hydrogens is 320 g/mol. The second-order valence-electron chi connectivity index (χ2n) is 6.72. The van der Waals surface area contributed by atoms with Crippen molar-refractivity contribution in [2.24, 2.45) is 0 Å². The normalized spacial score (nSPS) is 21.0. The molecule has 2 aliphatic rings. The van der Waals surface area contributed by atoms with Crippen molar-refractivity contribution < 1.29 is 14.4 Å². The van der Waals surface area contributed by atoms with Gasteiger partial charge in [-0.3, -0.25) is 14.9 Å². The molecule has 2 fully saturated rings. The largest absolute Gasteiger partial charge is 0.371 e. The van der Waals surface area contributed by atoms with Crippen LogP contribution in [0.3, 0.4) is 0 Å². The number of imide groups is 1. The summed E-state index contributed by atoms with van der Waals surface area (Å²) in [7, 11) is 0. The standard InChI is InChI=1S/C18H24N4O3/c1-12-3-2-4-14(11-12)22-9-7-13(8-10-22)19-16(23)6-5-15-17(24)21-18(25)20-15/h2-4,11,13,15H,5-10H2,1H3,(H,19,23)(H2,20,21,24,25)/t15-/m1/s1. The lowest BCUT2D eigenvalue weighted by molar-refractivity contribution is -0.122. The van der Waals surface area contributed by atoms with Gasteiger partial charge in [-0.1, -0.05) is 12.1 Å². The molecule has 1 atom stereocenters. The number of piperidine rings is 1. The molecule has 0 aromatic heterocycles. The average molecular weight is 344 g/mol. The van der Waals surface area contributed by atoms with Crippen molar-refractivity contribution in [2.45, 2.75) is 44.7 Å². The van der Waals surface area contributed by atoms with Crippen molar-refractivity contribution in [3.63, 3.8) is 0 Å². The Labute approximate surface area is 147 Å². The van der Waals surface area contributed by atoms with Gasteiger partial charge < -0.3 is 15.5 Å². The van der Waals surface area contributed by atoms with Crippen molar-refractivity contribution in [1.82, 2.24) is 16.0 Å². The first-order chi connectivity index (χ1) is 12.0. The van der Waals surface area contributed by atoms with E-state index in [1.54, 1.807) is 0 Å². The van der Waals surface area contributed by atoms with E-state index in [4.69, 9.17) is 0 Å². The zero-order chi connectivity index (χ0) is 17.8. The van der Waals surface area contributed by atoms with E-state index in [1.165, 1.54) is 11.3 Å². The Bertz CT molecular complexity index is 668. The number of carbonyl (C=O) groups excluding carboxylic acids is 3. The summed E-state index contributed by atoms with van der Waals surface area (Å²) in [4.78, 5) is 36.9. The molecule has 0 bridgehead atoms. The molecule has 4 amide bonds. The van der Waals surface area contributed by atoms with E-state index >= 15 is 0 Å². The predicted octanol–water partition coefficient (Wildman–Crippen LogP) is 1.07. The molecular formula is C18H24N4O3. The first kappa shape index (κ1) is 17.3. The van der Waals surface area contributed by atoms with Crippen molar-refractivity contribution >= 4 is 23.5 Å². The monoisotopic (exact) mass is 344 g/mol. The molecule has 3 N–H and O–H groups in total. The van der Waals surface area contributed by atoms with E-state index in [1.807, 2.05) is 0 Å². The first-order valence-electron chi connectivity index (χ1n) is 8.73. The maximum absolute atomic E-state index is 12.1. The van der Waals surface area contributed by atoms with Crippen LogP contribution in [0.2, 0.25) is 0 Å². The van der Waals surface area contributed by atoms with Crippen LogP contribution in [0, 0.1) is 6.92 Å². The van der Waals surface area contributed by atoms with E-state index in [2.05, 4.69) is 52.0 Å². The number of anilines is 1. The molecule has 3 rings (SSSR count). The van der Waals surface area contributed by atoms with E-state index < -0.39 is 12.1 Å². The number of rotatable bonds is 5. The van der Waals surface area contributed by atoms with Gasteiger partial charge in [0.2, 0.25) is 5.91 Å². The van der Waals surface area contributed by atoms with Crippen LogP contribution in [0.15, 0.2) is 24.3 Å². The number of urea groups is 1. The highest BCUT2D eigenvalue weighted by atomic mass is 16.2. The van der Waals surface area contributed by atoms with Crippen LogP contribution in [0.25, 0.3) is 0 Å². The van der Waals surface area contributed by atoms with Crippen LogP contribution in [0.5, 0.6) is 0 Å². The summed E-state index contributed by atoms with van der Waals surface area (Å²) in [5, 5.41) is 7.72. The lowest BCUT2D eigenvalue weighted by atomic mass is 10.0. The van der Waals surface area contributed by atoms with Gasteiger partial charge in [0.05, 0.1) is 0 Å². The van der Waals surface area contributed by atoms with Gasteiger partial charge in [0.25, 0.3) is 5.91 Å². The van der Waals surface area contributed by atoms with Gasteiger partial charge >= 0.3 is 6.03 Å². The molecule has 2 heterocycles. The fraction of sp³-hybridized carbons (Fsp3) is 0.500. The molecule has 0 saturated carbocycles. The SMILES string of the molecule is Cc1cccc(N2CCC(NC(=O)CC[C@H]3NC(=O)NC3=O)CC2)c1. The minimum Gasteiger partial charge on any atom is -0.371 e. The van der Waals surface area contributed by atoms with Crippen LogP contribution in [0.4, 0.5) is 10.5 Å². The molecule has 25 heavy (non-hydrogen) atoms. The third kappa shape index (κ3) is 4.49. The quantitative estimate of drug-likeness (QED) is 0.697. The smallest absolute Gasteiger partial charge is 0.322 e. The van der Waals surface area contributed by atoms with Crippen LogP contribution in [-0.2, 0) is 9.59 Å². The van der Waals surface area contributed by atoms with Crippen molar-refractivity contribution in [2.75, 3.05) is 18.0 Å². The highest BCUT2D eigenvalue weighted by Gasteiger charge is 2.30. The summed E-state index contributed by atoms with van der Waals surface area (Å²) in [6, 6.07) is 7.54. The van der Waals surface area contributed by atoms with Crippen LogP contribution < -0.4 is 20.9 Å². The Morgan fingerprint density at radius 1 is 1.28 bits per heavy atom. The lowest BCUT2D eigenvalue weighted by Crippen LogP contribution is -2.45. The Kier molecular flexibility index (Phi) is 5.21. The van der Waals surface area contributed by atoms with Gasteiger partial charge in [-0.05, 0) is 43.9 Å². The van der Waals surface area contributed by atoms with Crippen LogP contribution in [-0.4, -0.2) is 43.0 Å². The third-order valence-corrected chi connectivity index (χ3v) is 4.75.